The van der Waals surface area contributed by atoms with Gasteiger partial charge in [0.2, 0.25) is 11.8 Å². The quantitative estimate of drug-likeness (QED) is 0.313. The van der Waals surface area contributed by atoms with Gasteiger partial charge in [0.05, 0.1) is 12.7 Å². The number of aliphatic hydroxyl groups excluding tert-OH is 5. The number of ether oxygens (including phenoxy) is 2. The molecule has 2 saturated heterocycles. The first-order valence-electron chi connectivity index (χ1n) is 10.8. The van der Waals surface area contributed by atoms with E-state index >= 15 is 0 Å². The number of aliphatic hydroxyl groups is 5. The van der Waals surface area contributed by atoms with E-state index in [0.29, 0.717) is 32.5 Å². The average Bonchev–Trinajstić information content (AvgIpc) is 3.14. The van der Waals surface area contributed by atoms with Crippen LogP contribution in [0.15, 0.2) is 0 Å². The molecule has 0 saturated carbocycles. The molecular formula is C20H36N2O9. The first-order valence-corrected chi connectivity index (χ1v) is 10.8. The molecule has 2 rings (SSSR count). The van der Waals surface area contributed by atoms with E-state index in [-0.39, 0.29) is 38.6 Å². The number of rotatable bonds is 3. The molecule has 2 amide bonds. The van der Waals surface area contributed by atoms with E-state index in [1.165, 1.54) is 16.7 Å². The average molecular weight is 449 g/mol. The maximum Gasteiger partial charge on any atom is 0.245 e. The number of likely N-dealkylation sites (tertiary alicyclic amines) is 1. The second kappa shape index (κ2) is 12.6. The van der Waals surface area contributed by atoms with Crippen LogP contribution in [0.1, 0.15) is 32.6 Å². The van der Waals surface area contributed by atoms with Gasteiger partial charge in [-0.1, -0.05) is 0 Å². The largest absolute Gasteiger partial charge is 0.394 e. The summed E-state index contributed by atoms with van der Waals surface area (Å²) in [5, 5.41) is 50.5. The van der Waals surface area contributed by atoms with Crippen LogP contribution < -0.4 is 0 Å². The topological polar surface area (TPSA) is 160 Å². The summed E-state index contributed by atoms with van der Waals surface area (Å²) < 4.78 is 11.1. The highest BCUT2D eigenvalue weighted by Gasteiger charge is 2.41. The van der Waals surface area contributed by atoms with Crippen LogP contribution in [0, 0.1) is 0 Å². The summed E-state index contributed by atoms with van der Waals surface area (Å²) in [6.45, 7) is 1.77. The second-order valence-corrected chi connectivity index (χ2v) is 8.18. The molecule has 0 aliphatic carbocycles. The number of carbonyl (C=O) groups is 2. The molecule has 31 heavy (non-hydrogen) atoms. The van der Waals surface area contributed by atoms with Gasteiger partial charge < -0.3 is 44.8 Å². The van der Waals surface area contributed by atoms with Gasteiger partial charge in [-0.3, -0.25) is 9.59 Å². The summed E-state index contributed by atoms with van der Waals surface area (Å²) >= 11 is 0. The van der Waals surface area contributed by atoms with E-state index in [1.54, 1.807) is 0 Å². The molecule has 0 spiro atoms. The van der Waals surface area contributed by atoms with Crippen molar-refractivity contribution in [3.05, 3.63) is 0 Å². The molecule has 2 fully saturated rings. The van der Waals surface area contributed by atoms with E-state index < -0.39 is 49.1 Å². The van der Waals surface area contributed by atoms with E-state index in [4.69, 9.17) is 9.47 Å². The molecular weight excluding hydrogens is 412 g/mol. The van der Waals surface area contributed by atoms with E-state index in [9.17, 15) is 35.1 Å². The Morgan fingerprint density at radius 3 is 2.42 bits per heavy atom. The first kappa shape index (κ1) is 25.9. The fourth-order valence-corrected chi connectivity index (χ4v) is 3.98. The minimum Gasteiger partial charge on any atom is -0.394 e. The highest BCUT2D eigenvalue weighted by molar-refractivity contribution is 5.87. The van der Waals surface area contributed by atoms with Crippen molar-refractivity contribution in [2.75, 3.05) is 46.1 Å². The Hall–Kier alpha value is -1.34. The number of β-amino-alcohol motifs (C(OH)–C–C–N with tert-alkyl or cyclic N) is 2. The van der Waals surface area contributed by atoms with E-state index in [1.807, 2.05) is 0 Å². The standard InChI is InChI=1S/C20H36N2O9/c1-13(24)22-10-14(25)9-15(22)20(29)21-5-4-7-30-6-2-3-8-31-19(17(27)12-23)18(28)16(26)11-21/h14-19,23,25-28H,2-12H2,1H3/t14-,15+,16-,17-,18-,19-/m1/s1. The minimum atomic E-state index is -1.55. The molecule has 0 bridgehead atoms. The third-order valence-corrected chi connectivity index (χ3v) is 5.69. The molecule has 0 aromatic carbocycles. The van der Waals surface area contributed by atoms with Crippen molar-refractivity contribution in [3.8, 4) is 0 Å². The minimum absolute atomic E-state index is 0.0620. The molecule has 11 nitrogen and oxygen atoms in total. The van der Waals surface area contributed by atoms with Crippen LogP contribution >= 0.6 is 0 Å². The zero-order valence-corrected chi connectivity index (χ0v) is 18.0. The predicted octanol–water partition coefficient (Wildman–Crippen LogP) is -2.54. The van der Waals surface area contributed by atoms with Crippen molar-refractivity contribution >= 4 is 11.8 Å². The van der Waals surface area contributed by atoms with Crippen LogP contribution in [0.4, 0.5) is 0 Å². The Balaban J connectivity index is 2.17. The van der Waals surface area contributed by atoms with Gasteiger partial charge in [0.1, 0.15) is 30.5 Å². The lowest BCUT2D eigenvalue weighted by Crippen LogP contribution is -2.54. The lowest BCUT2D eigenvalue weighted by molar-refractivity contribution is -0.155. The van der Waals surface area contributed by atoms with Crippen LogP contribution in [0.2, 0.25) is 0 Å². The third-order valence-electron chi connectivity index (χ3n) is 5.69. The Labute approximate surface area is 182 Å². The van der Waals surface area contributed by atoms with E-state index in [0.717, 1.165) is 0 Å². The summed E-state index contributed by atoms with van der Waals surface area (Å²) in [7, 11) is 0. The number of hydrogen-bond acceptors (Lipinski definition) is 9. The summed E-state index contributed by atoms with van der Waals surface area (Å²) in [5.41, 5.74) is 0. The Morgan fingerprint density at radius 2 is 1.74 bits per heavy atom. The van der Waals surface area contributed by atoms with Crippen molar-refractivity contribution in [1.82, 2.24) is 9.80 Å². The maximum atomic E-state index is 13.2. The normalized spacial score (nSPS) is 33.0. The smallest absolute Gasteiger partial charge is 0.245 e. The fourth-order valence-electron chi connectivity index (χ4n) is 3.98. The van der Waals surface area contributed by atoms with Crippen molar-refractivity contribution in [1.29, 1.82) is 0 Å². The van der Waals surface area contributed by atoms with Crippen molar-refractivity contribution < 1.29 is 44.6 Å². The van der Waals surface area contributed by atoms with Gasteiger partial charge in [-0.25, -0.2) is 0 Å². The molecule has 6 atom stereocenters. The Kier molecular flexibility index (Phi) is 10.6. The molecule has 11 heteroatoms. The molecule has 0 unspecified atom stereocenters. The van der Waals surface area contributed by atoms with E-state index in [2.05, 4.69) is 0 Å². The molecule has 180 valence electrons. The molecule has 2 aliphatic heterocycles. The highest BCUT2D eigenvalue weighted by atomic mass is 16.5. The third kappa shape index (κ3) is 7.35. The summed E-state index contributed by atoms with van der Waals surface area (Å²) in [4.78, 5) is 27.7. The molecule has 0 aromatic heterocycles. The van der Waals surface area contributed by atoms with Gasteiger partial charge in [0.15, 0.2) is 0 Å². The second-order valence-electron chi connectivity index (χ2n) is 8.18. The zero-order valence-electron chi connectivity index (χ0n) is 18.0. The molecule has 0 aromatic rings. The summed E-state index contributed by atoms with van der Waals surface area (Å²) in [6.07, 6.45) is -4.56. The van der Waals surface area contributed by atoms with Crippen LogP contribution in [0.5, 0.6) is 0 Å². The van der Waals surface area contributed by atoms with Gasteiger partial charge in [-0.2, -0.15) is 0 Å². The fraction of sp³-hybridized carbons (Fsp3) is 0.900. The SMILES string of the molecule is CC(=O)N1C[C@H](O)C[C@H]1C(=O)N1CCCOCCCCO[C@H]([C@H](O)CO)[C@H](O)[C@H](O)C1. The first-order chi connectivity index (χ1) is 14.8. The Bertz CT molecular complexity index is 579. The number of nitrogens with zero attached hydrogens (tertiary/aromatic N) is 2. The van der Waals surface area contributed by atoms with Crippen molar-refractivity contribution in [3.63, 3.8) is 0 Å². The number of carbonyl (C=O) groups excluding carboxylic acids is 2. The van der Waals surface area contributed by atoms with Crippen LogP contribution in [0.3, 0.4) is 0 Å². The van der Waals surface area contributed by atoms with Gasteiger partial charge >= 0.3 is 0 Å². The van der Waals surface area contributed by atoms with Crippen LogP contribution in [-0.2, 0) is 19.1 Å². The van der Waals surface area contributed by atoms with Crippen molar-refractivity contribution in [2.45, 2.75) is 69.2 Å². The highest BCUT2D eigenvalue weighted by Crippen LogP contribution is 2.21. The molecule has 5 N–H and O–H groups in total. The molecule has 0 radical (unpaired) electrons. The summed E-state index contributed by atoms with van der Waals surface area (Å²) in [6, 6.07) is -0.855. The lowest BCUT2D eigenvalue weighted by atomic mass is 10.0. The van der Waals surface area contributed by atoms with Crippen LogP contribution in [-0.4, -0.2) is 130 Å². The van der Waals surface area contributed by atoms with Gasteiger partial charge in [-0.15, -0.1) is 0 Å². The maximum absolute atomic E-state index is 13.2. The lowest BCUT2D eigenvalue weighted by Gasteiger charge is -2.35. The van der Waals surface area contributed by atoms with Gasteiger partial charge in [0.25, 0.3) is 0 Å². The van der Waals surface area contributed by atoms with Gasteiger partial charge in [-0.05, 0) is 19.3 Å². The van der Waals surface area contributed by atoms with Crippen molar-refractivity contribution in [2.24, 2.45) is 0 Å². The van der Waals surface area contributed by atoms with Gasteiger partial charge in [0, 0.05) is 52.8 Å². The number of hydrogen-bond donors (Lipinski definition) is 5. The number of amides is 2. The molecule has 2 aliphatic rings. The monoisotopic (exact) mass is 448 g/mol. The zero-order chi connectivity index (χ0) is 23.0. The summed E-state index contributed by atoms with van der Waals surface area (Å²) in [5.74, 6) is -0.772. The van der Waals surface area contributed by atoms with Crippen LogP contribution in [0.25, 0.3) is 0 Å². The predicted molar refractivity (Wildman–Crippen MR) is 108 cm³/mol. The Morgan fingerprint density at radius 1 is 1.06 bits per heavy atom. The molecule has 2 heterocycles.